The summed E-state index contributed by atoms with van der Waals surface area (Å²) in [6.45, 7) is 5.11. The van der Waals surface area contributed by atoms with Gasteiger partial charge in [-0.2, -0.15) is 0 Å². The first kappa shape index (κ1) is 14.4. The van der Waals surface area contributed by atoms with E-state index in [9.17, 15) is 18.6 Å². The van der Waals surface area contributed by atoms with Gasteiger partial charge in [0.25, 0.3) is 0 Å². The van der Waals surface area contributed by atoms with Gasteiger partial charge in [-0.3, -0.25) is 0 Å². The SMILES string of the molecule is Cc1cc(O)cc(S(=O)(=O)c2cc(C)cc(C)c2O)c1. The second-order valence-corrected chi connectivity index (χ2v) is 6.85. The predicted molar refractivity (Wildman–Crippen MR) is 75.9 cm³/mol. The van der Waals surface area contributed by atoms with Crippen molar-refractivity contribution in [3.8, 4) is 11.5 Å². The van der Waals surface area contributed by atoms with E-state index in [2.05, 4.69) is 0 Å². The standard InChI is InChI=1S/C15H16O4S/c1-9-4-11(3)15(17)14(7-9)20(18,19)13-6-10(2)5-12(16)8-13/h4-8,16-17H,1-3H3. The van der Waals surface area contributed by atoms with Crippen LogP contribution in [0.25, 0.3) is 0 Å². The van der Waals surface area contributed by atoms with Gasteiger partial charge in [-0.25, -0.2) is 8.42 Å². The average Bonchev–Trinajstić information content (AvgIpc) is 2.32. The zero-order valence-electron chi connectivity index (χ0n) is 11.5. The van der Waals surface area contributed by atoms with Crippen LogP contribution in [0.1, 0.15) is 16.7 Å². The van der Waals surface area contributed by atoms with Gasteiger partial charge >= 0.3 is 0 Å². The highest BCUT2D eigenvalue weighted by Crippen LogP contribution is 2.33. The third kappa shape index (κ3) is 2.49. The molecule has 2 rings (SSSR count). The second kappa shape index (κ2) is 4.83. The van der Waals surface area contributed by atoms with Gasteiger partial charge in [-0.05, 0) is 61.7 Å². The number of aryl methyl sites for hydroxylation is 3. The lowest BCUT2D eigenvalue weighted by Crippen LogP contribution is -2.04. The molecule has 0 amide bonds. The second-order valence-electron chi connectivity index (χ2n) is 4.94. The number of sulfone groups is 1. The number of hydrogen-bond acceptors (Lipinski definition) is 4. The minimum absolute atomic E-state index is 0.0321. The summed E-state index contributed by atoms with van der Waals surface area (Å²) in [6.07, 6.45) is 0. The Morgan fingerprint density at radius 3 is 2.05 bits per heavy atom. The van der Waals surface area contributed by atoms with E-state index in [4.69, 9.17) is 0 Å². The average molecular weight is 292 g/mol. The van der Waals surface area contributed by atoms with Gasteiger partial charge in [0.15, 0.2) is 0 Å². The highest BCUT2D eigenvalue weighted by molar-refractivity contribution is 7.91. The molecule has 0 atom stereocenters. The van der Waals surface area contributed by atoms with Gasteiger partial charge in [0, 0.05) is 0 Å². The molecule has 0 saturated heterocycles. The molecule has 0 heterocycles. The maximum Gasteiger partial charge on any atom is 0.210 e. The maximum atomic E-state index is 12.6. The molecule has 2 aromatic carbocycles. The molecule has 0 aliphatic rings. The number of aromatic hydroxyl groups is 2. The van der Waals surface area contributed by atoms with Crippen LogP contribution in [-0.4, -0.2) is 18.6 Å². The number of hydrogen-bond donors (Lipinski definition) is 2. The molecule has 0 spiro atoms. The van der Waals surface area contributed by atoms with Gasteiger partial charge in [0.2, 0.25) is 9.84 Å². The van der Waals surface area contributed by atoms with Crippen LogP contribution in [0.2, 0.25) is 0 Å². The molecule has 5 heteroatoms. The van der Waals surface area contributed by atoms with Crippen molar-refractivity contribution in [1.82, 2.24) is 0 Å². The first-order valence-corrected chi connectivity index (χ1v) is 7.56. The monoisotopic (exact) mass is 292 g/mol. The van der Waals surface area contributed by atoms with E-state index in [1.54, 1.807) is 26.8 Å². The van der Waals surface area contributed by atoms with Crippen molar-refractivity contribution in [2.24, 2.45) is 0 Å². The summed E-state index contributed by atoms with van der Waals surface area (Å²) in [4.78, 5) is -0.171. The molecule has 2 N–H and O–H groups in total. The minimum atomic E-state index is -3.87. The van der Waals surface area contributed by atoms with E-state index >= 15 is 0 Å². The summed E-state index contributed by atoms with van der Waals surface area (Å²) in [5, 5.41) is 19.6. The van der Waals surface area contributed by atoms with Crippen molar-refractivity contribution in [2.45, 2.75) is 30.6 Å². The summed E-state index contributed by atoms with van der Waals surface area (Å²) < 4.78 is 25.2. The van der Waals surface area contributed by atoms with Gasteiger partial charge in [-0.1, -0.05) is 6.07 Å². The van der Waals surface area contributed by atoms with E-state index < -0.39 is 9.84 Å². The van der Waals surface area contributed by atoms with Crippen LogP contribution in [0, 0.1) is 20.8 Å². The van der Waals surface area contributed by atoms with Crippen LogP contribution in [0.3, 0.4) is 0 Å². The van der Waals surface area contributed by atoms with Crippen LogP contribution in [0.5, 0.6) is 11.5 Å². The molecule has 0 fully saturated rings. The Kier molecular flexibility index (Phi) is 3.48. The smallest absolute Gasteiger partial charge is 0.210 e. The molecule has 4 nitrogen and oxygen atoms in total. The predicted octanol–water partition coefficient (Wildman–Crippen LogP) is 2.86. The van der Waals surface area contributed by atoms with Gasteiger partial charge in [0.1, 0.15) is 16.4 Å². The van der Waals surface area contributed by atoms with Crippen molar-refractivity contribution in [3.05, 3.63) is 47.0 Å². The summed E-state index contributed by atoms with van der Waals surface area (Å²) in [5.74, 6) is -0.371. The first-order valence-electron chi connectivity index (χ1n) is 6.08. The lowest BCUT2D eigenvalue weighted by atomic mass is 10.1. The van der Waals surface area contributed by atoms with E-state index in [1.165, 1.54) is 24.3 Å². The molecule has 0 aromatic heterocycles. The number of benzene rings is 2. The van der Waals surface area contributed by atoms with Gasteiger partial charge < -0.3 is 10.2 Å². The highest BCUT2D eigenvalue weighted by atomic mass is 32.2. The fourth-order valence-electron chi connectivity index (χ4n) is 2.14. The number of rotatable bonds is 2. The normalized spacial score (nSPS) is 11.6. The number of phenolic OH excluding ortho intramolecular Hbond substituents is 2. The van der Waals surface area contributed by atoms with E-state index in [0.29, 0.717) is 11.1 Å². The largest absolute Gasteiger partial charge is 0.508 e. The van der Waals surface area contributed by atoms with Crippen LogP contribution < -0.4 is 0 Å². The summed E-state index contributed by atoms with van der Waals surface area (Å²) in [7, 11) is -3.87. The minimum Gasteiger partial charge on any atom is -0.508 e. The zero-order valence-corrected chi connectivity index (χ0v) is 12.3. The lowest BCUT2D eigenvalue weighted by Gasteiger charge is -2.11. The van der Waals surface area contributed by atoms with Gasteiger partial charge in [-0.15, -0.1) is 0 Å². The molecule has 0 unspecified atom stereocenters. The Balaban J connectivity index is 2.73. The zero-order chi connectivity index (χ0) is 15.1. The van der Waals surface area contributed by atoms with Gasteiger partial charge in [0.05, 0.1) is 4.90 Å². The Bertz CT molecular complexity index is 756. The van der Waals surface area contributed by atoms with Crippen molar-refractivity contribution in [3.63, 3.8) is 0 Å². The summed E-state index contributed by atoms with van der Waals surface area (Å²) in [5.41, 5.74) is 1.88. The summed E-state index contributed by atoms with van der Waals surface area (Å²) >= 11 is 0. The van der Waals surface area contributed by atoms with Crippen LogP contribution >= 0.6 is 0 Å². The summed E-state index contributed by atoms with van der Waals surface area (Å²) in [6, 6.07) is 7.26. The van der Waals surface area contributed by atoms with Crippen molar-refractivity contribution in [1.29, 1.82) is 0 Å². The van der Waals surface area contributed by atoms with Crippen LogP contribution in [0.15, 0.2) is 40.1 Å². The third-order valence-electron chi connectivity index (χ3n) is 3.05. The molecule has 2 aromatic rings. The van der Waals surface area contributed by atoms with E-state index in [1.807, 2.05) is 0 Å². The fraction of sp³-hybridized carbons (Fsp3) is 0.200. The Labute approximate surface area is 118 Å². The number of phenols is 2. The first-order chi connectivity index (χ1) is 9.21. The Morgan fingerprint density at radius 1 is 0.850 bits per heavy atom. The van der Waals surface area contributed by atoms with E-state index in [0.717, 1.165) is 5.56 Å². The molecule has 106 valence electrons. The quantitative estimate of drug-likeness (QED) is 0.892. The molecule has 0 radical (unpaired) electrons. The highest BCUT2D eigenvalue weighted by Gasteiger charge is 2.23. The molecule has 0 aliphatic heterocycles. The third-order valence-corrected chi connectivity index (χ3v) is 4.79. The van der Waals surface area contributed by atoms with Crippen LogP contribution in [-0.2, 0) is 9.84 Å². The molecule has 20 heavy (non-hydrogen) atoms. The molecule has 0 saturated carbocycles. The Hall–Kier alpha value is -2.01. The van der Waals surface area contributed by atoms with Crippen LogP contribution in [0.4, 0.5) is 0 Å². The van der Waals surface area contributed by atoms with E-state index in [-0.39, 0.29) is 21.3 Å². The Morgan fingerprint density at radius 2 is 1.45 bits per heavy atom. The lowest BCUT2D eigenvalue weighted by molar-refractivity contribution is 0.453. The fourth-order valence-corrected chi connectivity index (χ4v) is 3.76. The van der Waals surface area contributed by atoms with Crippen molar-refractivity contribution >= 4 is 9.84 Å². The van der Waals surface area contributed by atoms with Crippen molar-refractivity contribution in [2.75, 3.05) is 0 Å². The molecule has 0 aliphatic carbocycles. The van der Waals surface area contributed by atoms with Crippen molar-refractivity contribution < 1.29 is 18.6 Å². The maximum absolute atomic E-state index is 12.6. The topological polar surface area (TPSA) is 74.6 Å². The molecule has 0 bridgehead atoms. The molecular formula is C15H16O4S. The molecular weight excluding hydrogens is 276 g/mol.